The first-order valence-corrected chi connectivity index (χ1v) is 11.4. The molecule has 7 heteroatoms. The minimum absolute atomic E-state index is 0.0249. The number of benzene rings is 3. The van der Waals surface area contributed by atoms with Crippen molar-refractivity contribution in [1.29, 1.82) is 0 Å². The fourth-order valence-electron chi connectivity index (χ4n) is 2.97. The molecule has 0 unspecified atom stereocenters. The van der Waals surface area contributed by atoms with Gasteiger partial charge < -0.3 is 10.1 Å². The van der Waals surface area contributed by atoms with Gasteiger partial charge in [0.05, 0.1) is 11.0 Å². The van der Waals surface area contributed by atoms with Crippen molar-refractivity contribution in [3.8, 4) is 5.75 Å². The second kappa shape index (κ2) is 9.66. The molecule has 0 fully saturated rings. The number of aryl methyl sites for hydroxylation is 1. The van der Waals surface area contributed by atoms with Crippen LogP contribution in [-0.4, -0.2) is 20.4 Å². The summed E-state index contributed by atoms with van der Waals surface area (Å²) in [5, 5.41) is 2.82. The van der Waals surface area contributed by atoms with Crippen molar-refractivity contribution < 1.29 is 17.9 Å². The van der Waals surface area contributed by atoms with Crippen molar-refractivity contribution in [2.24, 2.45) is 0 Å². The zero-order valence-electron chi connectivity index (χ0n) is 17.8. The van der Waals surface area contributed by atoms with Crippen molar-refractivity contribution >= 4 is 21.6 Å². The Morgan fingerprint density at radius 1 is 0.968 bits per heavy atom. The Labute approximate surface area is 183 Å². The van der Waals surface area contributed by atoms with Crippen molar-refractivity contribution in [3.63, 3.8) is 0 Å². The molecule has 0 heterocycles. The van der Waals surface area contributed by atoms with Crippen molar-refractivity contribution in [1.82, 2.24) is 5.32 Å². The van der Waals surface area contributed by atoms with Gasteiger partial charge in [-0.15, -0.1) is 0 Å². The van der Waals surface area contributed by atoms with E-state index in [-0.39, 0.29) is 22.5 Å². The summed E-state index contributed by atoms with van der Waals surface area (Å²) in [6, 6.07) is 20.5. The molecule has 6 nitrogen and oxygen atoms in total. The second-order valence-electron chi connectivity index (χ2n) is 7.50. The summed E-state index contributed by atoms with van der Waals surface area (Å²) in [4.78, 5) is 12.6. The summed E-state index contributed by atoms with van der Waals surface area (Å²) >= 11 is 0. The number of hydrogen-bond acceptors (Lipinski definition) is 4. The number of rotatable bonds is 8. The third kappa shape index (κ3) is 6.33. The van der Waals surface area contributed by atoms with Gasteiger partial charge in [0.2, 0.25) is 0 Å². The Kier molecular flexibility index (Phi) is 6.97. The van der Waals surface area contributed by atoms with E-state index in [4.69, 9.17) is 4.74 Å². The number of ether oxygens (including phenoxy) is 1. The van der Waals surface area contributed by atoms with Crippen LogP contribution in [0.3, 0.4) is 0 Å². The number of nitrogens with one attached hydrogen (secondary N) is 2. The van der Waals surface area contributed by atoms with Crippen LogP contribution in [0.25, 0.3) is 0 Å². The standard InChI is InChI=1S/C24H26N2O4S/c1-17(2)30-22-12-10-19(11-13-22)16-25-24(27)20-7-5-9-23(15-20)31(28,29)26-21-8-4-6-18(3)14-21/h4-15,17,26H,16H2,1-3H3,(H,25,27). The summed E-state index contributed by atoms with van der Waals surface area (Å²) in [6.07, 6.45) is 0.0921. The Hall–Kier alpha value is -3.32. The Morgan fingerprint density at radius 2 is 1.68 bits per heavy atom. The monoisotopic (exact) mass is 438 g/mol. The van der Waals surface area contributed by atoms with E-state index in [9.17, 15) is 13.2 Å². The van der Waals surface area contributed by atoms with Crippen LogP contribution < -0.4 is 14.8 Å². The molecule has 0 saturated heterocycles. The van der Waals surface area contributed by atoms with Gasteiger partial charge >= 0.3 is 0 Å². The lowest BCUT2D eigenvalue weighted by Gasteiger charge is -2.11. The molecule has 0 radical (unpaired) electrons. The Balaban J connectivity index is 1.67. The highest BCUT2D eigenvalue weighted by Crippen LogP contribution is 2.18. The quantitative estimate of drug-likeness (QED) is 0.542. The number of carbonyl (C=O) groups is 1. The highest BCUT2D eigenvalue weighted by atomic mass is 32.2. The minimum Gasteiger partial charge on any atom is -0.491 e. The third-order valence-corrected chi connectivity index (χ3v) is 5.80. The lowest BCUT2D eigenvalue weighted by molar-refractivity contribution is 0.0950. The maximum atomic E-state index is 12.7. The van der Waals surface area contributed by atoms with Crippen LogP contribution in [0.1, 0.15) is 35.3 Å². The van der Waals surface area contributed by atoms with Gasteiger partial charge in [-0.3, -0.25) is 9.52 Å². The predicted octanol–water partition coefficient (Wildman–Crippen LogP) is 4.51. The van der Waals surface area contributed by atoms with Gasteiger partial charge in [0.25, 0.3) is 15.9 Å². The zero-order valence-corrected chi connectivity index (χ0v) is 18.6. The minimum atomic E-state index is -3.81. The van der Waals surface area contributed by atoms with Gasteiger partial charge in [-0.25, -0.2) is 8.42 Å². The number of hydrogen-bond donors (Lipinski definition) is 2. The predicted molar refractivity (Wildman–Crippen MR) is 122 cm³/mol. The lowest BCUT2D eigenvalue weighted by Crippen LogP contribution is -2.23. The van der Waals surface area contributed by atoms with Crippen LogP contribution in [0.5, 0.6) is 5.75 Å². The van der Waals surface area contributed by atoms with Crippen LogP contribution in [0.2, 0.25) is 0 Å². The van der Waals surface area contributed by atoms with Crippen molar-refractivity contribution in [3.05, 3.63) is 89.5 Å². The van der Waals surface area contributed by atoms with Gasteiger partial charge in [0, 0.05) is 17.8 Å². The van der Waals surface area contributed by atoms with Crippen molar-refractivity contribution in [2.75, 3.05) is 4.72 Å². The fourth-order valence-corrected chi connectivity index (χ4v) is 4.06. The smallest absolute Gasteiger partial charge is 0.261 e. The highest BCUT2D eigenvalue weighted by Gasteiger charge is 2.16. The lowest BCUT2D eigenvalue weighted by atomic mass is 10.2. The van der Waals surface area contributed by atoms with Gasteiger partial charge in [-0.05, 0) is 74.4 Å². The molecule has 0 aliphatic carbocycles. The summed E-state index contributed by atoms with van der Waals surface area (Å²) in [5.74, 6) is 0.416. The molecule has 0 aromatic heterocycles. The van der Waals surface area contributed by atoms with E-state index in [1.54, 1.807) is 30.3 Å². The summed E-state index contributed by atoms with van der Waals surface area (Å²) in [6.45, 7) is 6.12. The fraction of sp³-hybridized carbons (Fsp3) is 0.208. The maximum Gasteiger partial charge on any atom is 0.261 e. The molecule has 0 spiro atoms. The first-order valence-electron chi connectivity index (χ1n) is 9.96. The first kappa shape index (κ1) is 22.4. The number of amides is 1. The van der Waals surface area contributed by atoms with Crippen LogP contribution in [0, 0.1) is 6.92 Å². The molecule has 0 bridgehead atoms. The molecule has 0 atom stereocenters. The topological polar surface area (TPSA) is 84.5 Å². The summed E-state index contributed by atoms with van der Waals surface area (Å²) < 4.78 is 33.6. The molecular formula is C24H26N2O4S. The van der Waals surface area contributed by atoms with Crippen LogP contribution in [0.15, 0.2) is 77.7 Å². The van der Waals surface area contributed by atoms with E-state index < -0.39 is 10.0 Å². The molecule has 3 aromatic carbocycles. The Morgan fingerprint density at radius 3 is 2.35 bits per heavy atom. The van der Waals surface area contributed by atoms with Gasteiger partial charge in [-0.1, -0.05) is 30.3 Å². The molecule has 162 valence electrons. The van der Waals surface area contributed by atoms with E-state index >= 15 is 0 Å². The van der Waals surface area contributed by atoms with Crippen molar-refractivity contribution in [2.45, 2.75) is 38.3 Å². The number of sulfonamides is 1. The molecular weight excluding hydrogens is 412 g/mol. The molecule has 3 aromatic rings. The van der Waals surface area contributed by atoms with Crippen LogP contribution in [0.4, 0.5) is 5.69 Å². The van der Waals surface area contributed by atoms with Crippen LogP contribution >= 0.6 is 0 Å². The average molecular weight is 439 g/mol. The number of carbonyl (C=O) groups excluding carboxylic acids is 1. The zero-order chi connectivity index (χ0) is 22.4. The van der Waals surface area contributed by atoms with Gasteiger partial charge in [0.15, 0.2) is 0 Å². The summed E-state index contributed by atoms with van der Waals surface area (Å²) in [7, 11) is -3.81. The third-order valence-electron chi connectivity index (χ3n) is 4.43. The van der Waals surface area contributed by atoms with Gasteiger partial charge in [0.1, 0.15) is 5.75 Å². The maximum absolute atomic E-state index is 12.7. The Bertz CT molecular complexity index is 1160. The molecule has 3 rings (SSSR count). The van der Waals surface area contributed by atoms with E-state index in [1.807, 2.05) is 51.1 Å². The molecule has 31 heavy (non-hydrogen) atoms. The molecule has 2 N–H and O–H groups in total. The molecule has 0 aliphatic heterocycles. The highest BCUT2D eigenvalue weighted by molar-refractivity contribution is 7.92. The SMILES string of the molecule is Cc1cccc(NS(=O)(=O)c2cccc(C(=O)NCc3ccc(OC(C)C)cc3)c2)c1. The van der Waals surface area contributed by atoms with E-state index in [1.165, 1.54) is 12.1 Å². The van der Waals surface area contributed by atoms with E-state index in [0.717, 1.165) is 16.9 Å². The largest absolute Gasteiger partial charge is 0.491 e. The molecule has 1 amide bonds. The summed E-state index contributed by atoms with van der Waals surface area (Å²) in [5.41, 5.74) is 2.60. The normalized spacial score (nSPS) is 11.2. The molecule has 0 saturated carbocycles. The molecule has 0 aliphatic rings. The average Bonchev–Trinajstić information content (AvgIpc) is 2.72. The number of anilines is 1. The van der Waals surface area contributed by atoms with E-state index in [2.05, 4.69) is 10.0 Å². The van der Waals surface area contributed by atoms with Gasteiger partial charge in [-0.2, -0.15) is 0 Å². The second-order valence-corrected chi connectivity index (χ2v) is 9.18. The van der Waals surface area contributed by atoms with Crippen LogP contribution in [-0.2, 0) is 16.6 Å². The first-order chi connectivity index (χ1) is 14.7. The van der Waals surface area contributed by atoms with E-state index in [0.29, 0.717) is 12.2 Å².